The van der Waals surface area contributed by atoms with Crippen molar-refractivity contribution in [3.8, 4) is 16.9 Å². The van der Waals surface area contributed by atoms with Crippen LogP contribution in [0.1, 0.15) is 43.1 Å². The number of imidazole rings is 1. The number of para-hydroxylation sites is 2. The molecule has 1 aromatic heterocycles. The molecule has 0 saturated carbocycles. The number of carbonyl (C=O) groups excluding carboxylic acids is 1. The third kappa shape index (κ3) is 6.78. The Morgan fingerprint density at radius 1 is 0.875 bits per heavy atom. The number of aromatic nitrogens is 2. The van der Waals surface area contributed by atoms with E-state index in [0.717, 1.165) is 40.2 Å². The molecule has 0 saturated heterocycles. The molecule has 0 radical (unpaired) electrons. The van der Waals surface area contributed by atoms with Gasteiger partial charge in [-0.3, -0.25) is 4.79 Å². The quantitative estimate of drug-likeness (QED) is 0.185. The van der Waals surface area contributed by atoms with Gasteiger partial charge in [0.15, 0.2) is 0 Å². The molecule has 0 fully saturated rings. The second-order valence-electron chi connectivity index (χ2n) is 10.2. The number of amides is 1. The molecule has 1 heterocycles. The van der Waals surface area contributed by atoms with E-state index in [0.29, 0.717) is 38.5 Å². The highest BCUT2D eigenvalue weighted by molar-refractivity contribution is 5.79. The second-order valence-corrected chi connectivity index (χ2v) is 10.2. The van der Waals surface area contributed by atoms with Crippen LogP contribution in [-0.2, 0) is 24.2 Å². The molecule has 5 heteroatoms. The van der Waals surface area contributed by atoms with Gasteiger partial charge in [-0.1, -0.05) is 92.7 Å². The maximum Gasteiger partial charge on any atom is 0.224 e. The van der Waals surface area contributed by atoms with Crippen LogP contribution in [0.15, 0.2) is 103 Å². The van der Waals surface area contributed by atoms with Crippen LogP contribution in [0.5, 0.6) is 5.75 Å². The van der Waals surface area contributed by atoms with Crippen LogP contribution < -0.4 is 10.1 Å². The highest BCUT2D eigenvalue weighted by atomic mass is 16.5. The van der Waals surface area contributed by atoms with Gasteiger partial charge in [-0.15, -0.1) is 0 Å². The topological polar surface area (TPSA) is 56.1 Å². The Hall–Kier alpha value is -4.38. The fraction of sp³-hybridized carbons (Fsp3) is 0.257. The summed E-state index contributed by atoms with van der Waals surface area (Å²) in [6, 6.07) is 35.0. The number of nitrogens with one attached hydrogen (secondary N) is 1. The van der Waals surface area contributed by atoms with Gasteiger partial charge in [0.05, 0.1) is 24.0 Å². The van der Waals surface area contributed by atoms with Crippen molar-refractivity contribution in [1.29, 1.82) is 0 Å². The maximum atomic E-state index is 12.7. The molecule has 1 atom stereocenters. The van der Waals surface area contributed by atoms with E-state index in [1.54, 1.807) is 0 Å². The van der Waals surface area contributed by atoms with Crippen molar-refractivity contribution in [3.05, 3.63) is 120 Å². The summed E-state index contributed by atoms with van der Waals surface area (Å²) in [5.74, 6) is 2.39. The van der Waals surface area contributed by atoms with E-state index in [1.165, 1.54) is 11.1 Å². The van der Waals surface area contributed by atoms with Crippen molar-refractivity contribution in [3.63, 3.8) is 0 Å². The first-order valence-electron chi connectivity index (χ1n) is 14.2. The van der Waals surface area contributed by atoms with Gasteiger partial charge in [-0.2, -0.15) is 0 Å². The zero-order chi connectivity index (χ0) is 27.7. The molecule has 0 aliphatic carbocycles. The van der Waals surface area contributed by atoms with Gasteiger partial charge < -0.3 is 14.6 Å². The van der Waals surface area contributed by atoms with Gasteiger partial charge in [0.25, 0.3) is 0 Å². The molecule has 0 bridgehead atoms. The maximum absolute atomic E-state index is 12.7. The summed E-state index contributed by atoms with van der Waals surface area (Å²) in [6.45, 7) is 6.21. The Labute approximate surface area is 236 Å². The Kier molecular flexibility index (Phi) is 8.92. The molecule has 40 heavy (non-hydrogen) atoms. The summed E-state index contributed by atoms with van der Waals surface area (Å²) >= 11 is 0. The molecule has 0 spiro atoms. The lowest BCUT2D eigenvalue weighted by molar-refractivity contribution is -0.120. The first kappa shape index (κ1) is 27.2. The summed E-state index contributed by atoms with van der Waals surface area (Å²) in [7, 11) is 0. The summed E-state index contributed by atoms with van der Waals surface area (Å²) in [4.78, 5) is 17.5. The van der Waals surface area contributed by atoms with Crippen molar-refractivity contribution in [2.45, 2.75) is 45.6 Å². The first-order chi connectivity index (χ1) is 19.6. The van der Waals surface area contributed by atoms with Crippen molar-refractivity contribution >= 4 is 16.9 Å². The molecule has 4 aromatic carbocycles. The van der Waals surface area contributed by atoms with Gasteiger partial charge in [0.1, 0.15) is 18.2 Å². The lowest BCUT2D eigenvalue weighted by atomic mass is 9.99. The normalized spacial score (nSPS) is 11.8. The Morgan fingerprint density at radius 2 is 1.57 bits per heavy atom. The number of carbonyl (C=O) groups is 1. The Bertz CT molecular complexity index is 1520. The standard InChI is InChI=1S/C35H37N3O2/c1-3-26(2)28-17-19-31(20-18-28)40-24-23-38-33-12-8-7-11-32(33)37-34(38)21-22-36-35(39)25-27-13-15-30(16-14-27)29-9-5-4-6-10-29/h4-20,26H,3,21-25H2,1-2H3,(H,36,39). The van der Waals surface area contributed by atoms with Gasteiger partial charge in [0.2, 0.25) is 5.91 Å². The van der Waals surface area contributed by atoms with Crippen LogP contribution in [0.25, 0.3) is 22.2 Å². The highest BCUT2D eigenvalue weighted by Crippen LogP contribution is 2.22. The molecule has 204 valence electrons. The van der Waals surface area contributed by atoms with Crippen LogP contribution in [0.2, 0.25) is 0 Å². The van der Waals surface area contributed by atoms with E-state index in [1.807, 2.05) is 48.5 Å². The van der Waals surface area contributed by atoms with E-state index < -0.39 is 0 Å². The largest absolute Gasteiger partial charge is 0.492 e. The van der Waals surface area contributed by atoms with Crippen LogP contribution in [0.3, 0.4) is 0 Å². The summed E-state index contributed by atoms with van der Waals surface area (Å²) in [6.07, 6.45) is 2.13. The predicted molar refractivity (Wildman–Crippen MR) is 163 cm³/mol. The average Bonchev–Trinajstić information content (AvgIpc) is 3.35. The van der Waals surface area contributed by atoms with Crippen LogP contribution in [0, 0.1) is 0 Å². The lowest BCUT2D eigenvalue weighted by Crippen LogP contribution is -2.28. The molecule has 0 aliphatic rings. The fourth-order valence-electron chi connectivity index (χ4n) is 4.96. The van der Waals surface area contributed by atoms with Crippen LogP contribution in [0.4, 0.5) is 0 Å². The number of ether oxygens (including phenoxy) is 1. The smallest absolute Gasteiger partial charge is 0.224 e. The van der Waals surface area contributed by atoms with E-state index in [9.17, 15) is 4.79 Å². The Morgan fingerprint density at radius 3 is 2.33 bits per heavy atom. The molecule has 5 rings (SSSR count). The van der Waals surface area contributed by atoms with Crippen LogP contribution in [-0.4, -0.2) is 28.6 Å². The Balaban J connectivity index is 1.15. The molecule has 0 aliphatic heterocycles. The number of hydrogen-bond acceptors (Lipinski definition) is 3. The predicted octanol–water partition coefficient (Wildman–Crippen LogP) is 7.20. The van der Waals surface area contributed by atoms with E-state index in [-0.39, 0.29) is 5.91 Å². The molecule has 5 aromatic rings. The van der Waals surface area contributed by atoms with Gasteiger partial charge in [-0.05, 0) is 58.9 Å². The number of hydrogen-bond donors (Lipinski definition) is 1. The minimum atomic E-state index is 0.0132. The second kappa shape index (κ2) is 13.1. The van der Waals surface area contributed by atoms with E-state index in [4.69, 9.17) is 9.72 Å². The van der Waals surface area contributed by atoms with Gasteiger partial charge >= 0.3 is 0 Å². The molecule has 1 amide bonds. The van der Waals surface area contributed by atoms with Crippen molar-refractivity contribution in [2.75, 3.05) is 13.2 Å². The lowest BCUT2D eigenvalue weighted by Gasteiger charge is -2.13. The minimum absolute atomic E-state index is 0.0132. The summed E-state index contributed by atoms with van der Waals surface area (Å²) < 4.78 is 8.28. The van der Waals surface area contributed by atoms with Gasteiger partial charge in [0, 0.05) is 13.0 Å². The molecule has 5 nitrogen and oxygen atoms in total. The number of nitrogens with zero attached hydrogens (tertiary/aromatic N) is 2. The summed E-state index contributed by atoms with van der Waals surface area (Å²) in [5, 5.41) is 3.08. The molecular formula is C35H37N3O2. The minimum Gasteiger partial charge on any atom is -0.492 e. The number of fused-ring (bicyclic) bond motifs is 1. The number of rotatable bonds is 12. The molecule has 1 N–H and O–H groups in total. The highest BCUT2D eigenvalue weighted by Gasteiger charge is 2.12. The number of benzene rings is 4. The zero-order valence-corrected chi connectivity index (χ0v) is 23.3. The van der Waals surface area contributed by atoms with Gasteiger partial charge in [-0.25, -0.2) is 4.98 Å². The third-order valence-electron chi connectivity index (χ3n) is 7.48. The van der Waals surface area contributed by atoms with Crippen molar-refractivity contribution < 1.29 is 9.53 Å². The van der Waals surface area contributed by atoms with E-state index in [2.05, 4.69) is 78.3 Å². The SMILES string of the molecule is CCC(C)c1ccc(OCCn2c(CCNC(=O)Cc3ccc(-c4ccccc4)cc3)nc3ccccc32)cc1. The fourth-order valence-corrected chi connectivity index (χ4v) is 4.96. The molecular weight excluding hydrogens is 494 g/mol. The molecule has 1 unspecified atom stereocenters. The zero-order valence-electron chi connectivity index (χ0n) is 23.3. The van der Waals surface area contributed by atoms with E-state index >= 15 is 0 Å². The third-order valence-corrected chi connectivity index (χ3v) is 7.48. The average molecular weight is 532 g/mol. The van der Waals surface area contributed by atoms with Crippen molar-refractivity contribution in [1.82, 2.24) is 14.9 Å². The first-order valence-corrected chi connectivity index (χ1v) is 14.2. The monoisotopic (exact) mass is 531 g/mol. The van der Waals surface area contributed by atoms with Crippen molar-refractivity contribution in [2.24, 2.45) is 0 Å². The van der Waals surface area contributed by atoms with Crippen LogP contribution >= 0.6 is 0 Å². The summed E-state index contributed by atoms with van der Waals surface area (Å²) in [5.41, 5.74) is 6.70.